The van der Waals surface area contributed by atoms with Crippen molar-refractivity contribution in [3.63, 3.8) is 0 Å². The van der Waals surface area contributed by atoms with Gasteiger partial charge in [0.1, 0.15) is 5.01 Å². The van der Waals surface area contributed by atoms with Crippen molar-refractivity contribution in [2.75, 3.05) is 5.32 Å². The number of hydrogen-bond acceptors (Lipinski definition) is 5. The maximum absolute atomic E-state index is 12.3. The summed E-state index contributed by atoms with van der Waals surface area (Å²) in [6.07, 6.45) is 3.58. The zero-order chi connectivity index (χ0) is 13.9. The first kappa shape index (κ1) is 12.7. The number of aromatic amines is 1. The van der Waals surface area contributed by atoms with Crippen molar-refractivity contribution in [3.05, 3.63) is 35.0 Å². The van der Waals surface area contributed by atoms with E-state index in [1.54, 1.807) is 12.3 Å². The topological polar surface area (TPSA) is 83.6 Å². The average molecular weight is 287 g/mol. The quantitative estimate of drug-likeness (QED) is 0.772. The van der Waals surface area contributed by atoms with Gasteiger partial charge >= 0.3 is 0 Å². The van der Waals surface area contributed by atoms with E-state index < -0.39 is 0 Å². The van der Waals surface area contributed by atoms with E-state index in [0.717, 1.165) is 28.8 Å². The zero-order valence-corrected chi connectivity index (χ0v) is 11.7. The third-order valence-electron chi connectivity index (χ3n) is 2.87. The van der Waals surface area contributed by atoms with E-state index in [1.165, 1.54) is 11.3 Å². The number of amides is 1. The van der Waals surface area contributed by atoms with Crippen LogP contribution in [0.4, 0.5) is 5.13 Å². The van der Waals surface area contributed by atoms with E-state index >= 15 is 0 Å². The van der Waals surface area contributed by atoms with Gasteiger partial charge in [-0.05, 0) is 12.5 Å². The van der Waals surface area contributed by atoms with E-state index in [-0.39, 0.29) is 5.91 Å². The maximum atomic E-state index is 12.3. The Morgan fingerprint density at radius 2 is 2.30 bits per heavy atom. The Kier molecular flexibility index (Phi) is 3.42. The summed E-state index contributed by atoms with van der Waals surface area (Å²) in [6, 6.07) is 5.49. The minimum absolute atomic E-state index is 0.209. The summed E-state index contributed by atoms with van der Waals surface area (Å²) < 4.78 is 0. The van der Waals surface area contributed by atoms with E-state index in [9.17, 15) is 4.79 Å². The maximum Gasteiger partial charge on any atom is 0.259 e. The second-order valence-corrected chi connectivity index (χ2v) is 5.41. The third-order valence-corrected chi connectivity index (χ3v) is 3.77. The van der Waals surface area contributed by atoms with Gasteiger partial charge in [-0.2, -0.15) is 5.10 Å². The van der Waals surface area contributed by atoms with Gasteiger partial charge in [0.25, 0.3) is 5.91 Å². The van der Waals surface area contributed by atoms with Crippen molar-refractivity contribution in [2.24, 2.45) is 0 Å². The highest BCUT2D eigenvalue weighted by Crippen LogP contribution is 2.20. The number of benzene rings is 1. The van der Waals surface area contributed by atoms with E-state index in [2.05, 4.69) is 32.6 Å². The number of hydrogen-bond donors (Lipinski definition) is 2. The predicted molar refractivity (Wildman–Crippen MR) is 78.0 cm³/mol. The first-order valence-corrected chi connectivity index (χ1v) is 7.15. The molecule has 0 radical (unpaired) electrons. The van der Waals surface area contributed by atoms with Crippen LogP contribution in [0.5, 0.6) is 0 Å². The summed E-state index contributed by atoms with van der Waals surface area (Å²) in [5.74, 6) is -0.209. The van der Waals surface area contributed by atoms with Crippen molar-refractivity contribution in [2.45, 2.75) is 19.8 Å². The summed E-state index contributed by atoms with van der Waals surface area (Å²) in [5.41, 5.74) is 1.27. The molecule has 2 aromatic heterocycles. The molecule has 1 amide bonds. The van der Waals surface area contributed by atoms with Crippen LogP contribution in [-0.2, 0) is 6.42 Å². The summed E-state index contributed by atoms with van der Waals surface area (Å²) in [4.78, 5) is 12.3. The number of H-pyrrole nitrogens is 1. The number of aromatic nitrogens is 4. The normalized spacial score (nSPS) is 10.8. The second kappa shape index (κ2) is 5.38. The minimum Gasteiger partial charge on any atom is -0.296 e. The Labute approximate surface area is 119 Å². The Morgan fingerprint density at radius 3 is 3.15 bits per heavy atom. The Balaban J connectivity index is 1.83. The number of fused-ring (bicyclic) bond motifs is 1. The van der Waals surface area contributed by atoms with Crippen LogP contribution >= 0.6 is 11.3 Å². The summed E-state index contributed by atoms with van der Waals surface area (Å²) >= 11 is 1.41. The smallest absolute Gasteiger partial charge is 0.259 e. The molecule has 6 nitrogen and oxygen atoms in total. The second-order valence-electron chi connectivity index (χ2n) is 4.34. The van der Waals surface area contributed by atoms with E-state index in [0.29, 0.717) is 10.7 Å². The van der Waals surface area contributed by atoms with Crippen molar-refractivity contribution < 1.29 is 4.79 Å². The molecule has 20 heavy (non-hydrogen) atoms. The van der Waals surface area contributed by atoms with Crippen LogP contribution in [0.25, 0.3) is 10.9 Å². The molecular weight excluding hydrogens is 274 g/mol. The Morgan fingerprint density at radius 1 is 1.40 bits per heavy atom. The highest BCUT2D eigenvalue weighted by Gasteiger charge is 2.13. The molecule has 7 heteroatoms. The summed E-state index contributed by atoms with van der Waals surface area (Å²) in [7, 11) is 0. The molecule has 3 rings (SSSR count). The molecule has 0 aliphatic carbocycles. The monoisotopic (exact) mass is 287 g/mol. The van der Waals surface area contributed by atoms with Gasteiger partial charge in [-0.25, -0.2) is 0 Å². The number of carbonyl (C=O) groups excluding carboxylic acids is 1. The SMILES string of the molecule is CCCc1nnc(NC(=O)c2cccc3cn[nH]c23)s1. The first-order chi connectivity index (χ1) is 9.78. The third kappa shape index (κ3) is 2.39. The van der Waals surface area contributed by atoms with Crippen LogP contribution in [0.1, 0.15) is 28.7 Å². The van der Waals surface area contributed by atoms with Gasteiger partial charge < -0.3 is 0 Å². The van der Waals surface area contributed by atoms with Crippen LogP contribution in [0.15, 0.2) is 24.4 Å². The lowest BCUT2D eigenvalue weighted by atomic mass is 10.1. The summed E-state index contributed by atoms with van der Waals surface area (Å²) in [6.45, 7) is 2.08. The number of carbonyl (C=O) groups is 1. The fourth-order valence-electron chi connectivity index (χ4n) is 1.94. The predicted octanol–water partition coefficient (Wildman–Crippen LogP) is 2.62. The summed E-state index contributed by atoms with van der Waals surface area (Å²) in [5, 5.41) is 19.9. The molecule has 0 spiro atoms. The molecular formula is C13H13N5OS. The van der Waals surface area contributed by atoms with Gasteiger partial charge in [-0.3, -0.25) is 15.2 Å². The minimum atomic E-state index is -0.209. The number of para-hydroxylation sites is 1. The van der Waals surface area contributed by atoms with Gasteiger partial charge in [-0.1, -0.05) is 30.4 Å². The standard InChI is InChI=1S/C13H13N5OS/c1-2-4-10-16-18-13(20-10)15-12(19)9-6-3-5-8-7-14-17-11(8)9/h3,5-7H,2,4H2,1H3,(H,14,17)(H,15,18,19). The van der Waals surface area contributed by atoms with Crippen molar-refractivity contribution >= 4 is 33.3 Å². The van der Waals surface area contributed by atoms with Gasteiger partial charge in [-0.15, -0.1) is 10.2 Å². The van der Waals surface area contributed by atoms with Gasteiger partial charge in [0.05, 0.1) is 17.3 Å². The van der Waals surface area contributed by atoms with Crippen molar-refractivity contribution in [1.82, 2.24) is 20.4 Å². The van der Waals surface area contributed by atoms with Crippen LogP contribution in [0.3, 0.4) is 0 Å². The van der Waals surface area contributed by atoms with E-state index in [1.807, 2.05) is 12.1 Å². The number of aryl methyl sites for hydroxylation is 1. The van der Waals surface area contributed by atoms with Crippen LogP contribution in [0, 0.1) is 0 Å². The molecule has 102 valence electrons. The fraction of sp³-hybridized carbons (Fsp3) is 0.231. The van der Waals surface area contributed by atoms with Crippen LogP contribution in [0.2, 0.25) is 0 Å². The Bertz CT molecular complexity index is 748. The number of anilines is 1. The van der Waals surface area contributed by atoms with E-state index in [4.69, 9.17) is 0 Å². The molecule has 0 atom stereocenters. The van der Waals surface area contributed by atoms with Crippen molar-refractivity contribution in [1.29, 1.82) is 0 Å². The molecule has 0 aliphatic rings. The van der Waals surface area contributed by atoms with Crippen LogP contribution in [-0.4, -0.2) is 26.3 Å². The molecule has 1 aromatic carbocycles. The van der Waals surface area contributed by atoms with Gasteiger partial charge in [0.15, 0.2) is 0 Å². The Hall–Kier alpha value is -2.28. The molecule has 0 unspecified atom stereocenters. The zero-order valence-electron chi connectivity index (χ0n) is 10.9. The average Bonchev–Trinajstić information content (AvgIpc) is 3.07. The molecule has 0 bridgehead atoms. The largest absolute Gasteiger partial charge is 0.296 e. The highest BCUT2D eigenvalue weighted by atomic mass is 32.1. The fourth-order valence-corrected chi connectivity index (χ4v) is 2.78. The van der Waals surface area contributed by atoms with Crippen molar-refractivity contribution in [3.8, 4) is 0 Å². The number of nitrogens with zero attached hydrogens (tertiary/aromatic N) is 3. The number of rotatable bonds is 4. The number of nitrogens with one attached hydrogen (secondary N) is 2. The molecule has 3 aromatic rings. The van der Waals surface area contributed by atoms with Gasteiger partial charge in [0, 0.05) is 11.8 Å². The molecule has 0 saturated carbocycles. The molecule has 0 aliphatic heterocycles. The molecule has 2 N–H and O–H groups in total. The lowest BCUT2D eigenvalue weighted by Gasteiger charge is -2.02. The first-order valence-electron chi connectivity index (χ1n) is 6.33. The van der Waals surface area contributed by atoms with Crippen LogP contribution < -0.4 is 5.32 Å². The molecule has 2 heterocycles. The lowest BCUT2D eigenvalue weighted by Crippen LogP contribution is -2.12. The lowest BCUT2D eigenvalue weighted by molar-refractivity contribution is 0.102. The molecule has 0 fully saturated rings. The van der Waals surface area contributed by atoms with Gasteiger partial charge in [0.2, 0.25) is 5.13 Å². The molecule has 0 saturated heterocycles. The highest BCUT2D eigenvalue weighted by molar-refractivity contribution is 7.15.